The van der Waals surface area contributed by atoms with E-state index in [1.807, 2.05) is 20.8 Å². The van der Waals surface area contributed by atoms with Crippen LogP contribution in [0.1, 0.15) is 20.8 Å². The first-order valence-electron chi connectivity index (χ1n) is 4.52. The van der Waals surface area contributed by atoms with Crippen molar-refractivity contribution in [2.75, 3.05) is 5.32 Å². The van der Waals surface area contributed by atoms with Crippen LogP contribution in [-0.4, -0.2) is 10.5 Å². The van der Waals surface area contributed by atoms with E-state index in [1.54, 1.807) is 0 Å². The lowest BCUT2D eigenvalue weighted by atomic mass is 10.1. The summed E-state index contributed by atoms with van der Waals surface area (Å²) in [6.07, 6.45) is 0. The molecule has 0 amide bonds. The summed E-state index contributed by atoms with van der Waals surface area (Å²) in [5.41, 5.74) is -0.178. The van der Waals surface area contributed by atoms with Crippen molar-refractivity contribution in [1.82, 2.24) is 0 Å². The van der Waals surface area contributed by atoms with E-state index in [2.05, 4.69) is 5.32 Å². The van der Waals surface area contributed by atoms with Gasteiger partial charge in [0.25, 0.3) is 0 Å². The molecule has 1 aromatic rings. The normalized spacial score (nSPS) is 11.2. The Labute approximate surface area is 87.3 Å². The molecule has 1 rings (SSSR count). The van der Waals surface area contributed by atoms with Crippen LogP contribution in [0.4, 0.5) is 15.8 Å². The highest BCUT2D eigenvalue weighted by atomic mass is 19.1. The Morgan fingerprint density at radius 2 is 2.00 bits per heavy atom. The lowest BCUT2D eigenvalue weighted by molar-refractivity contribution is -0.387. The molecule has 0 aromatic heterocycles. The van der Waals surface area contributed by atoms with Crippen molar-refractivity contribution in [2.24, 2.45) is 0 Å². The molecule has 0 aliphatic carbocycles. The molecule has 1 aromatic carbocycles. The molecule has 0 unspecified atom stereocenters. The van der Waals surface area contributed by atoms with Gasteiger partial charge in [-0.15, -0.1) is 0 Å². The van der Waals surface area contributed by atoms with Crippen LogP contribution >= 0.6 is 0 Å². The molecule has 0 atom stereocenters. The van der Waals surface area contributed by atoms with Gasteiger partial charge in [0.1, 0.15) is 0 Å². The smallest absolute Gasteiger partial charge is 0.304 e. The fourth-order valence-electron chi connectivity index (χ4n) is 1.17. The van der Waals surface area contributed by atoms with Gasteiger partial charge in [-0.25, -0.2) is 0 Å². The van der Waals surface area contributed by atoms with Gasteiger partial charge in [0.2, 0.25) is 5.82 Å². The molecule has 0 heterocycles. The third-order valence-corrected chi connectivity index (χ3v) is 1.66. The van der Waals surface area contributed by atoms with E-state index in [0.717, 1.165) is 12.1 Å². The van der Waals surface area contributed by atoms with Crippen molar-refractivity contribution in [1.29, 1.82) is 0 Å². The van der Waals surface area contributed by atoms with Crippen LogP contribution in [0.2, 0.25) is 0 Å². The molecular weight excluding hydrogens is 199 g/mol. The molecule has 1 N–H and O–H groups in total. The van der Waals surface area contributed by atoms with Crippen LogP contribution in [0.25, 0.3) is 0 Å². The number of nitro groups is 1. The zero-order valence-corrected chi connectivity index (χ0v) is 8.87. The molecule has 0 aliphatic rings. The maximum Gasteiger partial charge on any atom is 0.304 e. The van der Waals surface area contributed by atoms with Crippen LogP contribution in [0.5, 0.6) is 0 Å². The molecule has 0 aliphatic heterocycles. The van der Waals surface area contributed by atoms with Crippen molar-refractivity contribution in [2.45, 2.75) is 26.3 Å². The van der Waals surface area contributed by atoms with Gasteiger partial charge < -0.3 is 5.32 Å². The molecule has 0 saturated heterocycles. The van der Waals surface area contributed by atoms with Gasteiger partial charge in [-0.05, 0) is 26.8 Å². The zero-order chi connectivity index (χ0) is 11.6. The number of nitro benzene ring substituents is 1. The van der Waals surface area contributed by atoms with E-state index in [1.165, 1.54) is 6.07 Å². The van der Waals surface area contributed by atoms with Crippen LogP contribution in [-0.2, 0) is 0 Å². The second kappa shape index (κ2) is 3.84. The van der Waals surface area contributed by atoms with Gasteiger partial charge in [0.05, 0.1) is 4.92 Å². The minimum Gasteiger partial charge on any atom is -0.380 e. The van der Waals surface area contributed by atoms with Crippen molar-refractivity contribution in [3.8, 4) is 0 Å². The van der Waals surface area contributed by atoms with Gasteiger partial charge in [-0.1, -0.05) is 0 Å². The standard InChI is InChI=1S/C10H13FN2O2/c1-10(2,3)12-7-4-5-9(13(14)15)8(11)6-7/h4-6,12H,1-3H3. The van der Waals surface area contributed by atoms with Crippen molar-refractivity contribution < 1.29 is 9.31 Å². The number of anilines is 1. The van der Waals surface area contributed by atoms with Gasteiger partial charge in [-0.2, -0.15) is 4.39 Å². The molecule has 4 nitrogen and oxygen atoms in total. The van der Waals surface area contributed by atoms with Gasteiger partial charge >= 0.3 is 5.69 Å². The summed E-state index contributed by atoms with van der Waals surface area (Å²) in [4.78, 5) is 9.62. The third-order valence-electron chi connectivity index (χ3n) is 1.66. The Bertz CT molecular complexity index is 385. The van der Waals surface area contributed by atoms with E-state index in [-0.39, 0.29) is 5.54 Å². The zero-order valence-electron chi connectivity index (χ0n) is 8.87. The lowest BCUT2D eigenvalue weighted by Crippen LogP contribution is -2.26. The number of rotatable bonds is 2. The Morgan fingerprint density at radius 3 is 2.40 bits per heavy atom. The minimum atomic E-state index is -0.825. The van der Waals surface area contributed by atoms with Crippen molar-refractivity contribution >= 4 is 11.4 Å². The molecule has 0 fully saturated rings. The second-order valence-electron chi connectivity index (χ2n) is 4.30. The first kappa shape index (κ1) is 11.4. The van der Waals surface area contributed by atoms with Crippen molar-refractivity contribution in [3.05, 3.63) is 34.1 Å². The summed E-state index contributed by atoms with van der Waals surface area (Å²) in [5.74, 6) is -0.825. The Morgan fingerprint density at radius 1 is 1.40 bits per heavy atom. The number of hydrogen-bond acceptors (Lipinski definition) is 3. The predicted molar refractivity (Wildman–Crippen MR) is 56.4 cm³/mol. The van der Waals surface area contributed by atoms with Crippen LogP contribution in [0.3, 0.4) is 0 Å². The number of benzene rings is 1. The summed E-state index contributed by atoms with van der Waals surface area (Å²) >= 11 is 0. The number of nitrogens with zero attached hydrogens (tertiary/aromatic N) is 1. The lowest BCUT2D eigenvalue weighted by Gasteiger charge is -2.21. The van der Waals surface area contributed by atoms with E-state index in [0.29, 0.717) is 5.69 Å². The predicted octanol–water partition coefficient (Wildman–Crippen LogP) is 2.94. The average molecular weight is 212 g/mol. The summed E-state index contributed by atoms with van der Waals surface area (Å²) in [6.45, 7) is 5.77. The quantitative estimate of drug-likeness (QED) is 0.605. The number of hydrogen-bond donors (Lipinski definition) is 1. The van der Waals surface area contributed by atoms with E-state index >= 15 is 0 Å². The number of halogens is 1. The van der Waals surface area contributed by atoms with Crippen LogP contribution in [0.15, 0.2) is 18.2 Å². The van der Waals surface area contributed by atoms with Gasteiger partial charge in [-0.3, -0.25) is 10.1 Å². The van der Waals surface area contributed by atoms with E-state index in [4.69, 9.17) is 0 Å². The van der Waals surface area contributed by atoms with Gasteiger partial charge in [0.15, 0.2) is 0 Å². The molecule has 15 heavy (non-hydrogen) atoms. The van der Waals surface area contributed by atoms with Crippen LogP contribution < -0.4 is 5.32 Å². The highest BCUT2D eigenvalue weighted by Gasteiger charge is 2.16. The highest BCUT2D eigenvalue weighted by molar-refractivity contribution is 5.50. The Hall–Kier alpha value is -1.65. The fourth-order valence-corrected chi connectivity index (χ4v) is 1.17. The second-order valence-corrected chi connectivity index (χ2v) is 4.30. The van der Waals surface area contributed by atoms with Crippen molar-refractivity contribution in [3.63, 3.8) is 0 Å². The number of nitrogens with one attached hydrogen (secondary N) is 1. The molecule has 5 heteroatoms. The SMILES string of the molecule is CC(C)(C)Nc1ccc([N+](=O)[O-])c(F)c1. The maximum atomic E-state index is 13.2. The maximum absolute atomic E-state index is 13.2. The highest BCUT2D eigenvalue weighted by Crippen LogP contribution is 2.22. The summed E-state index contributed by atoms with van der Waals surface area (Å²) in [7, 11) is 0. The largest absolute Gasteiger partial charge is 0.380 e. The Kier molecular flexibility index (Phi) is 2.93. The minimum absolute atomic E-state index is 0.206. The Balaban J connectivity index is 2.97. The first-order valence-corrected chi connectivity index (χ1v) is 4.52. The van der Waals surface area contributed by atoms with Crippen LogP contribution in [0, 0.1) is 15.9 Å². The molecule has 0 radical (unpaired) electrons. The topological polar surface area (TPSA) is 55.2 Å². The molecule has 0 spiro atoms. The summed E-state index contributed by atoms with van der Waals surface area (Å²) < 4.78 is 13.2. The summed E-state index contributed by atoms with van der Waals surface area (Å²) in [5, 5.41) is 13.4. The molecule has 82 valence electrons. The van der Waals surface area contributed by atoms with E-state index in [9.17, 15) is 14.5 Å². The van der Waals surface area contributed by atoms with E-state index < -0.39 is 16.4 Å². The van der Waals surface area contributed by atoms with Gasteiger partial charge in [0, 0.05) is 23.4 Å². The average Bonchev–Trinajstić information content (AvgIpc) is 1.99. The molecule has 0 saturated carbocycles. The summed E-state index contributed by atoms with van der Waals surface area (Å²) in [6, 6.07) is 3.78. The third kappa shape index (κ3) is 3.19. The first-order chi connectivity index (χ1) is 6.79. The monoisotopic (exact) mass is 212 g/mol. The molecule has 0 bridgehead atoms. The fraction of sp³-hybridized carbons (Fsp3) is 0.400. The molecular formula is C10H13FN2O2.